The van der Waals surface area contributed by atoms with Crippen LogP contribution in [-0.4, -0.2) is 0 Å². The maximum Gasteiger partial charge on any atom is -0.0167 e. The van der Waals surface area contributed by atoms with Crippen molar-refractivity contribution in [2.75, 3.05) is 0 Å². The molecule has 0 amide bonds. The predicted molar refractivity (Wildman–Crippen MR) is 120 cm³/mol. The zero-order chi connectivity index (χ0) is 18.9. The highest BCUT2D eigenvalue weighted by Gasteiger charge is 2.25. The summed E-state index contributed by atoms with van der Waals surface area (Å²) >= 11 is 0. The van der Waals surface area contributed by atoms with Gasteiger partial charge in [0.25, 0.3) is 0 Å². The average Bonchev–Trinajstić information content (AvgIpc) is 2.72. The Bertz CT molecular complexity index is 595. The quantitative estimate of drug-likeness (QED) is 0.386. The largest absolute Gasteiger partial charge is 0.0802 e. The van der Waals surface area contributed by atoms with Gasteiger partial charge in [-0.25, -0.2) is 0 Å². The van der Waals surface area contributed by atoms with E-state index in [1.807, 2.05) is 0 Å². The standard InChI is InChI=1S/C27H40/c1-3-4-5-6-7-8-9-23-12-16-25(17-13-23)27-20-18-26(19-21-27)24-14-10-22(2)11-15-24/h12-13,16-18,20-22,24,26H,3-11,14-15,19H2,1-2H3/t22-,24-,26?. The summed E-state index contributed by atoms with van der Waals surface area (Å²) in [5.74, 6) is 2.66. The molecule has 1 fully saturated rings. The second-order valence-corrected chi connectivity index (χ2v) is 9.15. The number of allylic oxidation sites excluding steroid dienone is 4. The van der Waals surface area contributed by atoms with Gasteiger partial charge in [-0.2, -0.15) is 0 Å². The van der Waals surface area contributed by atoms with E-state index >= 15 is 0 Å². The minimum atomic E-state index is 0.785. The zero-order valence-corrected chi connectivity index (χ0v) is 17.8. The SMILES string of the molecule is CCCCCCCCc1ccc(C2=CCC([C@H]3CC[C@H](C)CC3)C=C2)cc1. The first-order valence-electron chi connectivity index (χ1n) is 11.7. The van der Waals surface area contributed by atoms with Crippen molar-refractivity contribution in [1.82, 2.24) is 0 Å². The van der Waals surface area contributed by atoms with Crippen LogP contribution in [0.5, 0.6) is 0 Å². The summed E-state index contributed by atoms with van der Waals surface area (Å²) in [4.78, 5) is 0. The van der Waals surface area contributed by atoms with Crippen LogP contribution in [0.2, 0.25) is 0 Å². The normalized spacial score (nSPS) is 25.4. The van der Waals surface area contributed by atoms with E-state index in [1.54, 1.807) is 0 Å². The van der Waals surface area contributed by atoms with Crippen LogP contribution in [0.15, 0.2) is 42.5 Å². The van der Waals surface area contributed by atoms with Crippen molar-refractivity contribution in [2.24, 2.45) is 17.8 Å². The second kappa shape index (κ2) is 10.9. The molecule has 148 valence electrons. The Morgan fingerprint density at radius 2 is 1.56 bits per heavy atom. The molecule has 0 N–H and O–H groups in total. The van der Waals surface area contributed by atoms with Crippen molar-refractivity contribution >= 4 is 5.57 Å². The van der Waals surface area contributed by atoms with E-state index in [4.69, 9.17) is 0 Å². The van der Waals surface area contributed by atoms with Crippen LogP contribution in [0.3, 0.4) is 0 Å². The van der Waals surface area contributed by atoms with E-state index in [-0.39, 0.29) is 0 Å². The highest BCUT2D eigenvalue weighted by atomic mass is 14.3. The van der Waals surface area contributed by atoms with E-state index in [1.165, 1.54) is 93.7 Å². The topological polar surface area (TPSA) is 0 Å². The minimum Gasteiger partial charge on any atom is -0.0802 e. The Kier molecular flexibility index (Phi) is 8.24. The summed E-state index contributed by atoms with van der Waals surface area (Å²) < 4.78 is 0. The monoisotopic (exact) mass is 364 g/mol. The Morgan fingerprint density at radius 1 is 0.852 bits per heavy atom. The van der Waals surface area contributed by atoms with Gasteiger partial charge in [-0.3, -0.25) is 0 Å². The van der Waals surface area contributed by atoms with Crippen molar-refractivity contribution in [3.05, 3.63) is 53.6 Å². The lowest BCUT2D eigenvalue weighted by atomic mass is 9.74. The van der Waals surface area contributed by atoms with E-state index in [0.29, 0.717) is 0 Å². The summed E-state index contributed by atoms with van der Waals surface area (Å²) in [7, 11) is 0. The maximum absolute atomic E-state index is 2.51. The maximum atomic E-state index is 2.51. The molecule has 2 aliphatic carbocycles. The number of rotatable bonds is 9. The van der Waals surface area contributed by atoms with Crippen LogP contribution >= 0.6 is 0 Å². The summed E-state index contributed by atoms with van der Waals surface area (Å²) in [6.45, 7) is 4.70. The van der Waals surface area contributed by atoms with Gasteiger partial charge < -0.3 is 0 Å². The van der Waals surface area contributed by atoms with Crippen LogP contribution in [0, 0.1) is 17.8 Å². The molecular formula is C27H40. The molecule has 0 spiro atoms. The number of hydrogen-bond acceptors (Lipinski definition) is 0. The fourth-order valence-corrected chi connectivity index (χ4v) is 4.89. The van der Waals surface area contributed by atoms with Gasteiger partial charge in [0.2, 0.25) is 0 Å². The molecule has 1 aromatic rings. The number of unbranched alkanes of at least 4 members (excludes halogenated alkanes) is 5. The molecule has 3 rings (SSSR count). The molecule has 0 heteroatoms. The molecule has 0 nitrogen and oxygen atoms in total. The molecule has 1 saturated carbocycles. The summed E-state index contributed by atoms with van der Waals surface area (Å²) in [5.41, 5.74) is 4.33. The van der Waals surface area contributed by atoms with E-state index < -0.39 is 0 Å². The first-order valence-corrected chi connectivity index (χ1v) is 11.7. The van der Waals surface area contributed by atoms with Gasteiger partial charge >= 0.3 is 0 Å². The highest BCUT2D eigenvalue weighted by molar-refractivity contribution is 5.75. The Balaban J connectivity index is 1.43. The lowest BCUT2D eigenvalue weighted by molar-refractivity contribution is 0.240. The first kappa shape index (κ1) is 20.4. The van der Waals surface area contributed by atoms with Gasteiger partial charge in [-0.15, -0.1) is 0 Å². The van der Waals surface area contributed by atoms with Gasteiger partial charge in [-0.1, -0.05) is 101 Å². The molecule has 2 aliphatic rings. The van der Waals surface area contributed by atoms with Crippen LogP contribution in [0.25, 0.3) is 5.57 Å². The lowest BCUT2D eigenvalue weighted by Gasteiger charge is -2.32. The molecule has 0 saturated heterocycles. The first-order chi connectivity index (χ1) is 13.3. The molecule has 1 aromatic carbocycles. The Labute approximate surface area is 168 Å². The third-order valence-corrected chi connectivity index (χ3v) is 6.91. The average molecular weight is 365 g/mol. The van der Waals surface area contributed by atoms with E-state index in [9.17, 15) is 0 Å². The molecule has 0 bridgehead atoms. The third-order valence-electron chi connectivity index (χ3n) is 6.91. The smallest absolute Gasteiger partial charge is 0.0167 e. The van der Waals surface area contributed by atoms with Crippen LogP contribution in [0.1, 0.15) is 95.6 Å². The Hall–Kier alpha value is -1.30. The van der Waals surface area contributed by atoms with Crippen molar-refractivity contribution in [1.29, 1.82) is 0 Å². The van der Waals surface area contributed by atoms with Crippen LogP contribution in [-0.2, 0) is 6.42 Å². The summed E-state index contributed by atoms with van der Waals surface area (Å²) in [5, 5.41) is 0. The summed E-state index contributed by atoms with van der Waals surface area (Å²) in [6.07, 6.45) is 23.9. The van der Waals surface area contributed by atoms with E-state index in [0.717, 1.165) is 17.8 Å². The van der Waals surface area contributed by atoms with Gasteiger partial charge in [0.1, 0.15) is 0 Å². The fourth-order valence-electron chi connectivity index (χ4n) is 4.89. The molecular weight excluding hydrogens is 324 g/mol. The lowest BCUT2D eigenvalue weighted by Crippen LogP contribution is -2.20. The van der Waals surface area contributed by atoms with Crippen LogP contribution in [0.4, 0.5) is 0 Å². The Morgan fingerprint density at radius 3 is 2.22 bits per heavy atom. The second-order valence-electron chi connectivity index (χ2n) is 9.15. The molecule has 1 atom stereocenters. The van der Waals surface area contributed by atoms with Crippen LogP contribution < -0.4 is 0 Å². The molecule has 0 aliphatic heterocycles. The van der Waals surface area contributed by atoms with Gasteiger partial charge in [-0.05, 0) is 66.6 Å². The molecule has 0 radical (unpaired) electrons. The zero-order valence-electron chi connectivity index (χ0n) is 17.8. The van der Waals surface area contributed by atoms with Gasteiger partial charge in [0.05, 0.1) is 0 Å². The fraction of sp³-hybridized carbons (Fsp3) is 0.630. The molecule has 0 heterocycles. The molecule has 1 unspecified atom stereocenters. The highest BCUT2D eigenvalue weighted by Crippen LogP contribution is 2.38. The van der Waals surface area contributed by atoms with Crippen molar-refractivity contribution < 1.29 is 0 Å². The minimum absolute atomic E-state index is 0.785. The van der Waals surface area contributed by atoms with Gasteiger partial charge in [0.15, 0.2) is 0 Å². The van der Waals surface area contributed by atoms with Crippen molar-refractivity contribution in [2.45, 2.75) is 90.9 Å². The molecule has 0 aromatic heterocycles. The van der Waals surface area contributed by atoms with E-state index in [2.05, 4.69) is 56.3 Å². The van der Waals surface area contributed by atoms with Crippen molar-refractivity contribution in [3.8, 4) is 0 Å². The number of benzene rings is 1. The third kappa shape index (κ3) is 6.37. The summed E-state index contributed by atoms with van der Waals surface area (Å²) in [6, 6.07) is 9.38. The number of aryl methyl sites for hydroxylation is 1. The molecule has 27 heavy (non-hydrogen) atoms. The van der Waals surface area contributed by atoms with Gasteiger partial charge in [0, 0.05) is 0 Å². The number of hydrogen-bond donors (Lipinski definition) is 0. The predicted octanol–water partition coefficient (Wildman–Crippen LogP) is 8.38. The van der Waals surface area contributed by atoms with Crippen molar-refractivity contribution in [3.63, 3.8) is 0 Å².